The molecular weight excluding hydrogens is 338 g/mol. The molecule has 0 saturated carbocycles. The van der Waals surface area contributed by atoms with Gasteiger partial charge in [-0.15, -0.1) is 0 Å². The highest BCUT2D eigenvalue weighted by atomic mass is 79.9. The summed E-state index contributed by atoms with van der Waals surface area (Å²) in [6.07, 6.45) is 0. The quantitative estimate of drug-likeness (QED) is 0.652. The maximum Gasteiger partial charge on any atom is 0.131 e. The van der Waals surface area contributed by atoms with Crippen molar-refractivity contribution < 1.29 is 8.78 Å². The van der Waals surface area contributed by atoms with Gasteiger partial charge in [-0.3, -0.25) is 5.84 Å². The zero-order valence-electron chi connectivity index (χ0n) is 9.63. The molecule has 0 bridgehead atoms. The highest BCUT2D eigenvalue weighted by Gasteiger charge is 2.19. The third-order valence-electron chi connectivity index (χ3n) is 2.71. The van der Waals surface area contributed by atoms with Gasteiger partial charge in [0.25, 0.3) is 0 Å². The fraction of sp³-hybridized carbons (Fsp3) is 0.0769. The first-order chi connectivity index (χ1) is 9.02. The third-order valence-corrected chi connectivity index (χ3v) is 3.64. The minimum atomic E-state index is -0.662. The molecule has 2 aromatic carbocycles. The molecule has 0 heterocycles. The number of nitrogens with two attached hydrogens (primary N) is 1. The first-order valence-electron chi connectivity index (χ1n) is 5.39. The monoisotopic (exact) mass is 346 g/mol. The van der Waals surface area contributed by atoms with Crippen LogP contribution < -0.4 is 11.3 Å². The van der Waals surface area contributed by atoms with Crippen LogP contribution in [0, 0.1) is 11.6 Å². The second kappa shape index (κ2) is 5.96. The van der Waals surface area contributed by atoms with Crippen LogP contribution in [0.2, 0.25) is 5.02 Å². The molecule has 2 nitrogen and oxygen atoms in total. The molecule has 6 heteroatoms. The molecule has 100 valence electrons. The Morgan fingerprint density at radius 2 is 1.79 bits per heavy atom. The van der Waals surface area contributed by atoms with Crippen LogP contribution in [0.3, 0.4) is 0 Å². The SMILES string of the molecule is NNC(c1ccc(F)cc1F)c1ccc(Cl)cc1Br. The normalized spacial score (nSPS) is 12.5. The van der Waals surface area contributed by atoms with Crippen molar-refractivity contribution in [2.75, 3.05) is 0 Å². The zero-order valence-corrected chi connectivity index (χ0v) is 12.0. The molecule has 1 atom stereocenters. The number of hydrogen-bond acceptors (Lipinski definition) is 2. The lowest BCUT2D eigenvalue weighted by Crippen LogP contribution is -2.29. The van der Waals surface area contributed by atoms with Crippen LogP contribution in [-0.2, 0) is 0 Å². The summed E-state index contributed by atoms with van der Waals surface area (Å²) in [7, 11) is 0. The molecule has 0 radical (unpaired) electrons. The third kappa shape index (κ3) is 3.12. The Balaban J connectivity index is 2.50. The summed E-state index contributed by atoms with van der Waals surface area (Å²) in [5, 5.41) is 0.547. The minimum absolute atomic E-state index is 0.256. The maximum atomic E-state index is 13.8. The molecule has 0 amide bonds. The van der Waals surface area contributed by atoms with Gasteiger partial charge in [-0.05, 0) is 23.8 Å². The Labute approximate surface area is 122 Å². The molecular formula is C13H10BrClF2N2. The van der Waals surface area contributed by atoms with Crippen molar-refractivity contribution >= 4 is 27.5 Å². The van der Waals surface area contributed by atoms with Gasteiger partial charge in [0.2, 0.25) is 0 Å². The standard InChI is InChI=1S/C13H10BrClF2N2/c14-11-5-7(15)1-3-9(11)13(19-18)10-4-2-8(16)6-12(10)17/h1-6,13,19H,18H2. The van der Waals surface area contributed by atoms with E-state index in [9.17, 15) is 8.78 Å². The van der Waals surface area contributed by atoms with E-state index in [1.807, 2.05) is 0 Å². The number of rotatable bonds is 3. The summed E-state index contributed by atoms with van der Waals surface area (Å²) in [6, 6.07) is 7.84. The van der Waals surface area contributed by atoms with Gasteiger partial charge < -0.3 is 0 Å². The first-order valence-corrected chi connectivity index (χ1v) is 6.56. The van der Waals surface area contributed by atoms with E-state index in [1.165, 1.54) is 12.1 Å². The molecule has 1 unspecified atom stereocenters. The van der Waals surface area contributed by atoms with Crippen molar-refractivity contribution in [2.45, 2.75) is 6.04 Å². The summed E-state index contributed by atoms with van der Waals surface area (Å²) in [5.74, 6) is 4.19. The van der Waals surface area contributed by atoms with E-state index in [-0.39, 0.29) is 5.56 Å². The number of benzene rings is 2. The molecule has 0 aliphatic carbocycles. The van der Waals surface area contributed by atoms with E-state index in [0.29, 0.717) is 15.1 Å². The molecule has 0 saturated heterocycles. The van der Waals surface area contributed by atoms with Gasteiger partial charge >= 0.3 is 0 Å². The topological polar surface area (TPSA) is 38.0 Å². The lowest BCUT2D eigenvalue weighted by Gasteiger charge is -2.19. The molecule has 0 aliphatic heterocycles. The van der Waals surface area contributed by atoms with E-state index in [2.05, 4.69) is 21.4 Å². The number of nitrogens with one attached hydrogen (secondary N) is 1. The Hall–Kier alpha value is -1.01. The van der Waals surface area contributed by atoms with E-state index in [1.54, 1.807) is 18.2 Å². The maximum absolute atomic E-state index is 13.8. The molecule has 0 aromatic heterocycles. The highest BCUT2D eigenvalue weighted by molar-refractivity contribution is 9.10. The van der Waals surface area contributed by atoms with Crippen LogP contribution in [0.5, 0.6) is 0 Å². The minimum Gasteiger partial charge on any atom is -0.271 e. The van der Waals surface area contributed by atoms with Crippen LogP contribution in [0.15, 0.2) is 40.9 Å². The number of halogens is 4. The Bertz CT molecular complexity index is 556. The van der Waals surface area contributed by atoms with Crippen molar-refractivity contribution in [2.24, 2.45) is 5.84 Å². The van der Waals surface area contributed by atoms with Gasteiger partial charge in [-0.25, -0.2) is 14.2 Å². The molecule has 2 aromatic rings. The summed E-state index contributed by atoms with van der Waals surface area (Å²) in [5.41, 5.74) is 3.48. The van der Waals surface area contributed by atoms with Gasteiger partial charge in [0.1, 0.15) is 11.6 Å². The van der Waals surface area contributed by atoms with Gasteiger partial charge in [-0.1, -0.05) is 39.7 Å². The average Bonchev–Trinajstić information content (AvgIpc) is 2.34. The van der Waals surface area contributed by atoms with Crippen molar-refractivity contribution in [1.82, 2.24) is 5.43 Å². The first kappa shape index (κ1) is 14.4. The molecule has 2 rings (SSSR count). The average molecular weight is 348 g/mol. The molecule has 0 aliphatic rings. The van der Waals surface area contributed by atoms with E-state index in [0.717, 1.165) is 6.07 Å². The van der Waals surface area contributed by atoms with Crippen LogP contribution in [0.25, 0.3) is 0 Å². The Kier molecular flexibility index (Phi) is 4.52. The van der Waals surface area contributed by atoms with E-state index in [4.69, 9.17) is 17.4 Å². The van der Waals surface area contributed by atoms with Crippen molar-refractivity contribution in [1.29, 1.82) is 0 Å². The number of hydrogen-bond donors (Lipinski definition) is 2. The molecule has 0 fully saturated rings. The van der Waals surface area contributed by atoms with Crippen molar-refractivity contribution in [3.8, 4) is 0 Å². The van der Waals surface area contributed by atoms with Crippen LogP contribution >= 0.6 is 27.5 Å². The van der Waals surface area contributed by atoms with Crippen LogP contribution in [-0.4, -0.2) is 0 Å². The van der Waals surface area contributed by atoms with Gasteiger partial charge in [0, 0.05) is 21.1 Å². The second-order valence-electron chi connectivity index (χ2n) is 3.93. The van der Waals surface area contributed by atoms with Gasteiger partial charge in [0.15, 0.2) is 0 Å². The summed E-state index contributed by atoms with van der Waals surface area (Å²) in [4.78, 5) is 0. The van der Waals surface area contributed by atoms with Crippen LogP contribution in [0.1, 0.15) is 17.2 Å². The van der Waals surface area contributed by atoms with Gasteiger partial charge in [-0.2, -0.15) is 0 Å². The predicted molar refractivity (Wildman–Crippen MR) is 74.7 cm³/mol. The van der Waals surface area contributed by atoms with Crippen molar-refractivity contribution in [3.05, 3.63) is 68.7 Å². The molecule has 3 N–H and O–H groups in total. The summed E-state index contributed by atoms with van der Waals surface area (Å²) >= 11 is 9.21. The molecule has 19 heavy (non-hydrogen) atoms. The lowest BCUT2D eigenvalue weighted by atomic mass is 9.99. The van der Waals surface area contributed by atoms with Crippen LogP contribution in [0.4, 0.5) is 8.78 Å². The number of hydrazine groups is 1. The van der Waals surface area contributed by atoms with Gasteiger partial charge in [0.05, 0.1) is 6.04 Å². The largest absolute Gasteiger partial charge is 0.271 e. The van der Waals surface area contributed by atoms with E-state index < -0.39 is 17.7 Å². The Morgan fingerprint density at radius 3 is 2.37 bits per heavy atom. The summed E-state index contributed by atoms with van der Waals surface area (Å²) < 4.78 is 27.4. The zero-order chi connectivity index (χ0) is 14.0. The summed E-state index contributed by atoms with van der Waals surface area (Å²) in [6.45, 7) is 0. The predicted octanol–water partition coefficient (Wildman–Crippen LogP) is 3.93. The second-order valence-corrected chi connectivity index (χ2v) is 5.22. The van der Waals surface area contributed by atoms with E-state index >= 15 is 0 Å². The Morgan fingerprint density at radius 1 is 1.11 bits per heavy atom. The fourth-order valence-electron chi connectivity index (χ4n) is 1.82. The van der Waals surface area contributed by atoms with Crippen molar-refractivity contribution in [3.63, 3.8) is 0 Å². The highest BCUT2D eigenvalue weighted by Crippen LogP contribution is 2.31. The fourth-order valence-corrected chi connectivity index (χ4v) is 2.73. The smallest absolute Gasteiger partial charge is 0.131 e. The molecule has 0 spiro atoms. The lowest BCUT2D eigenvalue weighted by molar-refractivity contribution is 0.541.